The molecule has 19 heavy (non-hydrogen) atoms. The van der Waals surface area contributed by atoms with Crippen LogP contribution >= 0.6 is 11.6 Å². The summed E-state index contributed by atoms with van der Waals surface area (Å²) < 4.78 is 24.1. The normalized spacial score (nSPS) is 17.5. The highest BCUT2D eigenvalue weighted by atomic mass is 35.5. The van der Waals surface area contributed by atoms with Crippen molar-refractivity contribution < 1.29 is 13.2 Å². The SMILES string of the molecule is CS(=O)(=O)N1CCN(C(=O)c2ccc(Cl)cc2)CC1. The van der Waals surface area contributed by atoms with Crippen molar-refractivity contribution in [2.24, 2.45) is 0 Å². The fraction of sp³-hybridized carbons (Fsp3) is 0.417. The van der Waals surface area contributed by atoms with Gasteiger partial charge in [-0.1, -0.05) is 11.6 Å². The van der Waals surface area contributed by atoms with Gasteiger partial charge in [-0.3, -0.25) is 4.79 Å². The van der Waals surface area contributed by atoms with Crippen LogP contribution in [-0.4, -0.2) is 56.0 Å². The van der Waals surface area contributed by atoms with Crippen LogP contribution in [0.4, 0.5) is 0 Å². The maximum Gasteiger partial charge on any atom is 0.253 e. The zero-order valence-corrected chi connectivity index (χ0v) is 12.1. The van der Waals surface area contributed by atoms with E-state index in [1.165, 1.54) is 10.6 Å². The van der Waals surface area contributed by atoms with Crippen molar-refractivity contribution >= 4 is 27.5 Å². The molecule has 7 heteroatoms. The summed E-state index contributed by atoms with van der Waals surface area (Å²) in [7, 11) is -3.17. The van der Waals surface area contributed by atoms with Crippen LogP contribution in [0.5, 0.6) is 0 Å². The summed E-state index contributed by atoms with van der Waals surface area (Å²) in [5.74, 6) is -0.0928. The van der Waals surface area contributed by atoms with Gasteiger partial charge in [0.05, 0.1) is 6.26 Å². The van der Waals surface area contributed by atoms with Crippen molar-refractivity contribution in [3.8, 4) is 0 Å². The number of rotatable bonds is 2. The molecule has 0 N–H and O–H groups in total. The van der Waals surface area contributed by atoms with Gasteiger partial charge >= 0.3 is 0 Å². The number of hydrogen-bond acceptors (Lipinski definition) is 3. The van der Waals surface area contributed by atoms with Crippen LogP contribution in [0, 0.1) is 0 Å². The number of benzene rings is 1. The van der Waals surface area contributed by atoms with Gasteiger partial charge in [0, 0.05) is 36.8 Å². The van der Waals surface area contributed by atoms with E-state index >= 15 is 0 Å². The van der Waals surface area contributed by atoms with Gasteiger partial charge in [-0.05, 0) is 24.3 Å². The van der Waals surface area contributed by atoms with E-state index in [-0.39, 0.29) is 5.91 Å². The molecule has 1 aliphatic heterocycles. The van der Waals surface area contributed by atoms with Gasteiger partial charge in [-0.25, -0.2) is 8.42 Å². The maximum atomic E-state index is 12.2. The topological polar surface area (TPSA) is 57.7 Å². The number of sulfonamides is 1. The Morgan fingerprint density at radius 3 is 2.11 bits per heavy atom. The summed E-state index contributed by atoms with van der Waals surface area (Å²) in [4.78, 5) is 13.8. The molecule has 0 bridgehead atoms. The van der Waals surface area contributed by atoms with E-state index in [9.17, 15) is 13.2 Å². The minimum atomic E-state index is -3.17. The lowest BCUT2D eigenvalue weighted by Crippen LogP contribution is -2.50. The molecule has 1 aromatic carbocycles. The number of piperazine rings is 1. The average molecular weight is 303 g/mol. The van der Waals surface area contributed by atoms with Crippen LogP contribution in [0.15, 0.2) is 24.3 Å². The molecule has 0 unspecified atom stereocenters. The Kier molecular flexibility index (Phi) is 4.13. The van der Waals surface area contributed by atoms with Gasteiger partial charge in [0.15, 0.2) is 0 Å². The first-order valence-electron chi connectivity index (χ1n) is 5.88. The third kappa shape index (κ3) is 3.46. The molecule has 1 heterocycles. The van der Waals surface area contributed by atoms with Gasteiger partial charge in [-0.15, -0.1) is 0 Å². The summed E-state index contributed by atoms with van der Waals surface area (Å²) in [6.45, 7) is 1.51. The first kappa shape index (κ1) is 14.3. The lowest BCUT2D eigenvalue weighted by molar-refractivity contribution is 0.0698. The van der Waals surface area contributed by atoms with E-state index in [0.717, 1.165) is 0 Å². The molecular weight excluding hydrogens is 288 g/mol. The number of nitrogens with zero attached hydrogens (tertiary/aromatic N) is 2. The van der Waals surface area contributed by atoms with Gasteiger partial charge in [0.1, 0.15) is 0 Å². The molecular formula is C12H15ClN2O3S. The molecule has 1 amide bonds. The van der Waals surface area contributed by atoms with Crippen molar-refractivity contribution in [1.82, 2.24) is 9.21 Å². The first-order valence-corrected chi connectivity index (χ1v) is 8.10. The quantitative estimate of drug-likeness (QED) is 0.821. The average Bonchev–Trinajstić information content (AvgIpc) is 2.38. The summed E-state index contributed by atoms with van der Waals surface area (Å²) in [6, 6.07) is 6.68. The number of amides is 1. The molecule has 104 valence electrons. The summed E-state index contributed by atoms with van der Waals surface area (Å²) in [5.41, 5.74) is 0.567. The van der Waals surface area contributed by atoms with E-state index in [0.29, 0.717) is 36.8 Å². The number of carbonyl (C=O) groups is 1. The van der Waals surface area contributed by atoms with Crippen molar-refractivity contribution in [2.75, 3.05) is 32.4 Å². The summed E-state index contributed by atoms with van der Waals surface area (Å²) >= 11 is 5.77. The number of hydrogen-bond donors (Lipinski definition) is 0. The predicted molar refractivity (Wildman–Crippen MR) is 73.8 cm³/mol. The maximum absolute atomic E-state index is 12.2. The zero-order valence-electron chi connectivity index (χ0n) is 10.5. The van der Waals surface area contributed by atoms with Crippen molar-refractivity contribution in [3.05, 3.63) is 34.9 Å². The largest absolute Gasteiger partial charge is 0.336 e. The number of carbonyl (C=O) groups excluding carboxylic acids is 1. The third-order valence-corrected chi connectivity index (χ3v) is 4.64. The van der Waals surface area contributed by atoms with Gasteiger partial charge in [-0.2, -0.15) is 4.31 Å². The minimum Gasteiger partial charge on any atom is -0.336 e. The molecule has 0 saturated carbocycles. The molecule has 0 atom stereocenters. The molecule has 1 aromatic rings. The van der Waals surface area contributed by atoms with Crippen molar-refractivity contribution in [2.45, 2.75) is 0 Å². The van der Waals surface area contributed by atoms with E-state index in [1.807, 2.05) is 0 Å². The van der Waals surface area contributed by atoms with Gasteiger partial charge in [0.2, 0.25) is 10.0 Å². The second-order valence-electron chi connectivity index (χ2n) is 4.46. The van der Waals surface area contributed by atoms with Crippen LogP contribution in [0.2, 0.25) is 5.02 Å². The van der Waals surface area contributed by atoms with Crippen LogP contribution in [0.25, 0.3) is 0 Å². The standard InChI is InChI=1S/C12H15ClN2O3S/c1-19(17,18)15-8-6-14(7-9-15)12(16)10-2-4-11(13)5-3-10/h2-5H,6-9H2,1H3. The van der Waals surface area contributed by atoms with E-state index < -0.39 is 10.0 Å². The highest BCUT2D eigenvalue weighted by molar-refractivity contribution is 7.88. The van der Waals surface area contributed by atoms with Gasteiger partial charge in [0.25, 0.3) is 5.91 Å². The lowest BCUT2D eigenvalue weighted by atomic mass is 10.2. The Hall–Kier alpha value is -1.11. The Bertz CT molecular complexity index is 563. The van der Waals surface area contributed by atoms with Crippen LogP contribution in [0.1, 0.15) is 10.4 Å². The molecule has 0 aromatic heterocycles. The fourth-order valence-corrected chi connectivity index (χ4v) is 2.95. The Morgan fingerprint density at radius 2 is 1.63 bits per heavy atom. The van der Waals surface area contributed by atoms with Crippen molar-refractivity contribution in [3.63, 3.8) is 0 Å². The molecule has 2 rings (SSSR count). The summed E-state index contributed by atoms with van der Waals surface area (Å²) in [6.07, 6.45) is 1.18. The molecule has 1 aliphatic rings. The Morgan fingerprint density at radius 1 is 1.11 bits per heavy atom. The van der Waals surface area contributed by atoms with Gasteiger partial charge < -0.3 is 4.90 Å². The van der Waals surface area contributed by atoms with E-state index in [4.69, 9.17) is 11.6 Å². The first-order chi connectivity index (χ1) is 8.88. The molecule has 1 saturated heterocycles. The zero-order chi connectivity index (χ0) is 14.0. The molecule has 1 fully saturated rings. The minimum absolute atomic E-state index is 0.0928. The van der Waals surface area contributed by atoms with Crippen LogP contribution in [0.3, 0.4) is 0 Å². The molecule has 5 nitrogen and oxygen atoms in total. The number of halogens is 1. The van der Waals surface area contributed by atoms with E-state index in [1.54, 1.807) is 29.2 Å². The molecule has 0 spiro atoms. The highest BCUT2D eigenvalue weighted by Gasteiger charge is 2.26. The van der Waals surface area contributed by atoms with Crippen molar-refractivity contribution in [1.29, 1.82) is 0 Å². The lowest BCUT2D eigenvalue weighted by Gasteiger charge is -2.33. The highest BCUT2D eigenvalue weighted by Crippen LogP contribution is 2.13. The van der Waals surface area contributed by atoms with Crippen LogP contribution in [-0.2, 0) is 10.0 Å². The van der Waals surface area contributed by atoms with E-state index in [2.05, 4.69) is 0 Å². The smallest absolute Gasteiger partial charge is 0.253 e. The predicted octanol–water partition coefficient (Wildman–Crippen LogP) is 1.06. The fourth-order valence-electron chi connectivity index (χ4n) is 2.00. The Balaban J connectivity index is 2.02. The molecule has 0 radical (unpaired) electrons. The Labute approximate surface area is 117 Å². The molecule has 0 aliphatic carbocycles. The third-order valence-electron chi connectivity index (χ3n) is 3.09. The summed E-state index contributed by atoms with van der Waals surface area (Å²) in [5, 5.41) is 0.582. The second kappa shape index (κ2) is 5.48. The monoisotopic (exact) mass is 302 g/mol. The second-order valence-corrected chi connectivity index (χ2v) is 6.88. The van der Waals surface area contributed by atoms with Crippen LogP contribution < -0.4 is 0 Å².